The Morgan fingerprint density at radius 2 is 1.97 bits per heavy atom. The second-order valence-electron chi connectivity index (χ2n) is 7.65. The van der Waals surface area contributed by atoms with Gasteiger partial charge in [-0.1, -0.05) is 35.1 Å². The number of pyridine rings is 2. The second kappa shape index (κ2) is 8.91. The predicted molar refractivity (Wildman–Crippen MR) is 128 cm³/mol. The molecule has 0 fully saturated rings. The van der Waals surface area contributed by atoms with Crippen LogP contribution in [0.15, 0.2) is 82.7 Å². The fourth-order valence-electron chi connectivity index (χ4n) is 3.52. The summed E-state index contributed by atoms with van der Waals surface area (Å²) in [6, 6.07) is 17.1. The van der Waals surface area contributed by atoms with Gasteiger partial charge in [-0.25, -0.2) is 9.97 Å². The maximum atomic E-state index is 12.9. The molecule has 0 saturated heterocycles. The number of imidazole rings is 1. The summed E-state index contributed by atoms with van der Waals surface area (Å²) in [6.07, 6.45) is 5.67. The average Bonchev–Trinajstić information content (AvgIpc) is 3.45. The molecule has 0 atom stereocenters. The third kappa shape index (κ3) is 4.51. The highest BCUT2D eigenvalue weighted by molar-refractivity contribution is 7.98. The van der Waals surface area contributed by atoms with Gasteiger partial charge in [-0.2, -0.15) is 0 Å². The molecule has 1 N–H and O–H groups in total. The Morgan fingerprint density at radius 3 is 2.73 bits per heavy atom. The summed E-state index contributed by atoms with van der Waals surface area (Å²) >= 11 is 1.45. The molecule has 0 bridgehead atoms. The van der Waals surface area contributed by atoms with Gasteiger partial charge in [-0.05, 0) is 49.7 Å². The molecule has 7 nitrogen and oxygen atoms in total. The Labute approximate surface area is 194 Å². The van der Waals surface area contributed by atoms with Crippen molar-refractivity contribution in [2.75, 3.05) is 5.32 Å². The molecule has 5 aromatic rings. The summed E-state index contributed by atoms with van der Waals surface area (Å²) in [5.74, 6) is 1.12. The van der Waals surface area contributed by atoms with Gasteiger partial charge in [0.05, 0.1) is 17.0 Å². The quantitative estimate of drug-likeness (QED) is 0.338. The van der Waals surface area contributed by atoms with Crippen LogP contribution in [-0.4, -0.2) is 25.4 Å². The predicted octanol–water partition coefficient (Wildman–Crippen LogP) is 5.55. The van der Waals surface area contributed by atoms with Crippen molar-refractivity contribution >= 4 is 29.0 Å². The lowest BCUT2D eigenvalue weighted by atomic mass is 10.1. The van der Waals surface area contributed by atoms with Gasteiger partial charge < -0.3 is 14.2 Å². The number of thioether (sulfide) groups is 1. The molecule has 0 aliphatic carbocycles. The van der Waals surface area contributed by atoms with Gasteiger partial charge >= 0.3 is 0 Å². The lowest BCUT2D eigenvalue weighted by Gasteiger charge is -2.09. The van der Waals surface area contributed by atoms with Gasteiger partial charge in [0.1, 0.15) is 16.4 Å². The van der Waals surface area contributed by atoms with E-state index in [0.717, 1.165) is 33.9 Å². The first-order valence-corrected chi connectivity index (χ1v) is 11.4. The number of anilines is 1. The Bertz CT molecular complexity index is 1440. The summed E-state index contributed by atoms with van der Waals surface area (Å²) in [5, 5.41) is 7.60. The summed E-state index contributed by atoms with van der Waals surface area (Å²) in [4.78, 5) is 22.1. The molecule has 1 amide bonds. The number of nitrogens with one attached hydrogen (secondary N) is 1. The van der Waals surface area contributed by atoms with Gasteiger partial charge in [-0.15, -0.1) is 0 Å². The third-order valence-electron chi connectivity index (χ3n) is 5.17. The number of rotatable bonds is 6. The van der Waals surface area contributed by atoms with Crippen molar-refractivity contribution in [3.8, 4) is 11.3 Å². The largest absolute Gasteiger partial charge is 0.361 e. The fraction of sp³-hybridized carbons (Fsp3) is 0.120. The van der Waals surface area contributed by atoms with E-state index in [0.29, 0.717) is 22.0 Å². The van der Waals surface area contributed by atoms with Crippen molar-refractivity contribution in [3.63, 3.8) is 0 Å². The van der Waals surface area contributed by atoms with E-state index in [1.165, 1.54) is 11.8 Å². The molecule has 0 aliphatic heterocycles. The molecule has 0 unspecified atom stereocenters. The van der Waals surface area contributed by atoms with E-state index in [1.807, 2.05) is 73.1 Å². The van der Waals surface area contributed by atoms with Crippen LogP contribution in [0, 0.1) is 13.8 Å². The number of aromatic nitrogens is 4. The average molecular weight is 456 g/mol. The summed E-state index contributed by atoms with van der Waals surface area (Å²) in [6.45, 7) is 3.89. The van der Waals surface area contributed by atoms with E-state index in [9.17, 15) is 4.79 Å². The fourth-order valence-corrected chi connectivity index (χ4v) is 4.39. The minimum atomic E-state index is -0.210. The zero-order chi connectivity index (χ0) is 22.8. The molecular weight excluding hydrogens is 434 g/mol. The van der Waals surface area contributed by atoms with Crippen molar-refractivity contribution in [2.24, 2.45) is 0 Å². The van der Waals surface area contributed by atoms with Crippen LogP contribution in [0.4, 0.5) is 5.69 Å². The Hall–Kier alpha value is -3.91. The normalized spacial score (nSPS) is 11.1. The van der Waals surface area contributed by atoms with Crippen LogP contribution in [0.25, 0.3) is 16.9 Å². The lowest BCUT2D eigenvalue weighted by molar-refractivity contribution is 0.102. The number of aryl methyl sites for hydroxylation is 2. The van der Waals surface area contributed by atoms with Crippen LogP contribution in [0.3, 0.4) is 0 Å². The lowest BCUT2D eigenvalue weighted by Crippen LogP contribution is -2.13. The Kier molecular flexibility index (Phi) is 5.66. The molecule has 0 aliphatic rings. The summed E-state index contributed by atoms with van der Waals surface area (Å²) in [7, 11) is 0. The number of hydrogen-bond acceptors (Lipinski definition) is 6. The van der Waals surface area contributed by atoms with Crippen LogP contribution >= 0.6 is 11.8 Å². The van der Waals surface area contributed by atoms with Crippen molar-refractivity contribution in [3.05, 3.63) is 95.8 Å². The molecule has 8 heteroatoms. The van der Waals surface area contributed by atoms with Crippen molar-refractivity contribution in [2.45, 2.75) is 24.6 Å². The first-order chi connectivity index (χ1) is 16.1. The second-order valence-corrected chi connectivity index (χ2v) is 8.62. The number of fused-ring (bicyclic) bond motifs is 1. The first-order valence-electron chi connectivity index (χ1n) is 10.4. The molecule has 0 radical (unpaired) electrons. The Morgan fingerprint density at radius 1 is 1.12 bits per heavy atom. The maximum absolute atomic E-state index is 12.9. The number of nitrogens with zero attached hydrogens (tertiary/aromatic N) is 4. The van der Waals surface area contributed by atoms with Crippen LogP contribution < -0.4 is 5.32 Å². The molecule has 4 heterocycles. The first kappa shape index (κ1) is 21.0. The highest BCUT2D eigenvalue weighted by Gasteiger charge is 2.14. The maximum Gasteiger partial charge on any atom is 0.258 e. The molecule has 164 valence electrons. The van der Waals surface area contributed by atoms with E-state index in [2.05, 4.69) is 15.5 Å². The molecule has 33 heavy (non-hydrogen) atoms. The SMILES string of the molecule is Cc1cc(CSc2ncccc2C(=O)Nc2ccc(-c3cn4cccc(C)c4n3)cc2)no1. The number of amides is 1. The number of carbonyl (C=O) groups excluding carboxylic acids is 1. The van der Waals surface area contributed by atoms with Crippen molar-refractivity contribution in [1.29, 1.82) is 0 Å². The zero-order valence-corrected chi connectivity index (χ0v) is 19.0. The molecule has 0 spiro atoms. The van der Waals surface area contributed by atoms with Crippen LogP contribution in [-0.2, 0) is 5.75 Å². The van der Waals surface area contributed by atoms with Crippen molar-refractivity contribution < 1.29 is 9.32 Å². The van der Waals surface area contributed by atoms with Gasteiger partial charge in [-0.3, -0.25) is 4.79 Å². The monoisotopic (exact) mass is 455 g/mol. The number of carbonyl (C=O) groups is 1. The van der Waals surface area contributed by atoms with Crippen LogP contribution in [0.1, 0.15) is 27.4 Å². The van der Waals surface area contributed by atoms with E-state index in [1.54, 1.807) is 18.3 Å². The van der Waals surface area contributed by atoms with Gasteiger partial charge in [0.15, 0.2) is 0 Å². The zero-order valence-electron chi connectivity index (χ0n) is 18.1. The van der Waals surface area contributed by atoms with Crippen LogP contribution in [0.2, 0.25) is 0 Å². The van der Waals surface area contributed by atoms with E-state index >= 15 is 0 Å². The standard InChI is InChI=1S/C25H21N5O2S/c1-16-5-4-12-30-14-22(28-23(16)30)18-7-9-19(10-8-18)27-24(31)21-6-3-11-26-25(21)33-15-20-13-17(2)32-29-20/h3-14H,15H2,1-2H3,(H,27,31). The van der Waals surface area contributed by atoms with Crippen molar-refractivity contribution in [1.82, 2.24) is 19.5 Å². The molecule has 0 saturated carbocycles. The topological polar surface area (TPSA) is 85.3 Å². The minimum absolute atomic E-state index is 0.210. The minimum Gasteiger partial charge on any atom is -0.361 e. The molecule has 1 aromatic carbocycles. The summed E-state index contributed by atoms with van der Waals surface area (Å²) < 4.78 is 7.12. The van der Waals surface area contributed by atoms with Gasteiger partial charge in [0.25, 0.3) is 5.91 Å². The molecule has 5 rings (SSSR count). The molecule has 4 aromatic heterocycles. The summed E-state index contributed by atoms with van der Waals surface area (Å²) in [5.41, 5.74) is 5.96. The number of benzene rings is 1. The third-order valence-corrected chi connectivity index (χ3v) is 6.20. The van der Waals surface area contributed by atoms with Gasteiger partial charge in [0.2, 0.25) is 0 Å². The Balaban J connectivity index is 1.30. The van der Waals surface area contributed by atoms with E-state index in [4.69, 9.17) is 9.51 Å². The van der Waals surface area contributed by atoms with E-state index < -0.39 is 0 Å². The smallest absolute Gasteiger partial charge is 0.258 e. The molecular formula is C25H21N5O2S. The van der Waals surface area contributed by atoms with E-state index in [-0.39, 0.29) is 5.91 Å². The number of hydrogen-bond donors (Lipinski definition) is 1. The highest BCUT2D eigenvalue weighted by atomic mass is 32.2. The van der Waals surface area contributed by atoms with Gasteiger partial charge in [0, 0.05) is 41.7 Å². The van der Waals surface area contributed by atoms with Crippen LogP contribution in [0.5, 0.6) is 0 Å². The highest BCUT2D eigenvalue weighted by Crippen LogP contribution is 2.26.